The Morgan fingerprint density at radius 2 is 2.04 bits per heavy atom. The number of hydrogen-bond acceptors (Lipinski definition) is 4. The monoisotopic (exact) mass is 360 g/mol. The first kappa shape index (κ1) is 17.1. The predicted molar refractivity (Wildman–Crippen MR) is 77.5 cm³/mol. The highest BCUT2D eigenvalue weighted by Gasteiger charge is 2.39. The fraction of sp³-hybridized carbons (Fsp3) is 0.500. The summed E-state index contributed by atoms with van der Waals surface area (Å²) in [6.07, 6.45) is -2.02. The normalized spacial score (nSPS) is 18.0. The van der Waals surface area contributed by atoms with Gasteiger partial charge in [0.05, 0.1) is 12.2 Å². The maximum absolute atomic E-state index is 12.4. The molecule has 0 aliphatic carbocycles. The number of anilines is 1. The Balaban J connectivity index is 1.69. The molecule has 1 aromatic heterocycles. The van der Waals surface area contributed by atoms with Gasteiger partial charge in [-0.15, -0.1) is 0 Å². The molecule has 2 aliphatic heterocycles. The van der Waals surface area contributed by atoms with Gasteiger partial charge in [0.1, 0.15) is 24.1 Å². The number of hydrogen-bond donors (Lipinski definition) is 2. The van der Waals surface area contributed by atoms with E-state index in [2.05, 4.69) is 10.7 Å². The van der Waals surface area contributed by atoms with Crippen molar-refractivity contribution in [1.29, 1.82) is 0 Å². The fourth-order valence-corrected chi connectivity index (χ4v) is 2.73. The highest BCUT2D eigenvalue weighted by molar-refractivity contribution is 6.05. The molecule has 1 saturated heterocycles. The van der Waals surface area contributed by atoms with Crippen LogP contribution >= 0.6 is 0 Å². The van der Waals surface area contributed by atoms with Gasteiger partial charge in [-0.3, -0.25) is 15.0 Å². The Morgan fingerprint density at radius 3 is 2.76 bits per heavy atom. The molecule has 1 fully saturated rings. The Hall–Kier alpha value is -2.72. The minimum absolute atomic E-state index is 0.0207. The van der Waals surface area contributed by atoms with E-state index in [-0.39, 0.29) is 30.2 Å². The number of nitrogens with zero attached hydrogens (tertiary/aromatic N) is 2. The number of carbonyl (C=O) groups excluding carboxylic acids is 3. The van der Waals surface area contributed by atoms with Crippen molar-refractivity contribution in [3.05, 3.63) is 17.6 Å². The molecule has 136 valence electrons. The van der Waals surface area contributed by atoms with Crippen LogP contribution in [0, 0.1) is 0 Å². The second-order valence-electron chi connectivity index (χ2n) is 5.76. The van der Waals surface area contributed by atoms with Crippen molar-refractivity contribution in [2.24, 2.45) is 0 Å². The minimum Gasteiger partial charge on any atom is -0.466 e. The van der Waals surface area contributed by atoms with Crippen molar-refractivity contribution in [2.75, 3.05) is 25.0 Å². The van der Waals surface area contributed by atoms with Crippen molar-refractivity contribution in [1.82, 2.24) is 15.3 Å². The number of nitrogens with one attached hydrogen (secondary N) is 2. The molecule has 3 rings (SSSR count). The Labute approximate surface area is 139 Å². The molecule has 11 heteroatoms. The van der Waals surface area contributed by atoms with Gasteiger partial charge in [-0.25, -0.2) is 9.80 Å². The molecule has 0 aromatic carbocycles. The molecule has 1 aromatic rings. The standard InChI is InChI=1S/C14H15F3N4O4/c15-14(16,17)7-20-4-5-21(13(20)24)19-12(23)8-6-25-9-2-1-3-10(22)18-11(8)9/h6H,1-5,7H2,(H,18,22)(H,19,23). The van der Waals surface area contributed by atoms with E-state index < -0.39 is 24.7 Å². The van der Waals surface area contributed by atoms with Crippen molar-refractivity contribution in [3.8, 4) is 0 Å². The summed E-state index contributed by atoms with van der Waals surface area (Å²) in [7, 11) is 0. The zero-order chi connectivity index (χ0) is 18.2. The summed E-state index contributed by atoms with van der Waals surface area (Å²) in [6.45, 7) is -1.61. The van der Waals surface area contributed by atoms with Crippen molar-refractivity contribution in [2.45, 2.75) is 25.4 Å². The van der Waals surface area contributed by atoms with Gasteiger partial charge in [0.2, 0.25) is 5.91 Å². The molecule has 8 nitrogen and oxygen atoms in total. The van der Waals surface area contributed by atoms with Crippen molar-refractivity contribution in [3.63, 3.8) is 0 Å². The molecule has 3 heterocycles. The predicted octanol–water partition coefficient (Wildman–Crippen LogP) is 1.50. The maximum atomic E-state index is 12.4. The number of rotatable bonds is 3. The molecule has 2 N–H and O–H groups in total. The van der Waals surface area contributed by atoms with E-state index >= 15 is 0 Å². The third-order valence-electron chi connectivity index (χ3n) is 3.89. The van der Waals surface area contributed by atoms with Crippen LogP contribution < -0.4 is 10.7 Å². The highest BCUT2D eigenvalue weighted by Crippen LogP contribution is 2.28. The number of carbonyl (C=O) groups is 3. The minimum atomic E-state index is -4.51. The smallest absolute Gasteiger partial charge is 0.406 e. The van der Waals surface area contributed by atoms with Crippen LogP contribution in [0.2, 0.25) is 0 Å². The van der Waals surface area contributed by atoms with Crippen LogP contribution in [0.3, 0.4) is 0 Å². The Bertz CT molecular complexity index is 715. The molecule has 0 atom stereocenters. The summed E-state index contributed by atoms with van der Waals surface area (Å²) < 4.78 is 42.5. The second-order valence-corrected chi connectivity index (χ2v) is 5.76. The van der Waals surface area contributed by atoms with E-state index in [0.717, 1.165) is 11.3 Å². The van der Waals surface area contributed by atoms with Crippen LogP contribution in [0.15, 0.2) is 10.7 Å². The van der Waals surface area contributed by atoms with Gasteiger partial charge < -0.3 is 14.6 Å². The summed E-state index contributed by atoms with van der Waals surface area (Å²) in [5, 5.41) is 3.38. The van der Waals surface area contributed by atoms with E-state index in [1.807, 2.05) is 0 Å². The van der Waals surface area contributed by atoms with Gasteiger partial charge in [-0.2, -0.15) is 13.2 Å². The molecule has 2 aliphatic rings. The van der Waals surface area contributed by atoms with Crippen LogP contribution in [-0.4, -0.2) is 53.6 Å². The molecule has 0 spiro atoms. The summed E-state index contributed by atoms with van der Waals surface area (Å²) in [4.78, 5) is 36.5. The average Bonchev–Trinajstić information content (AvgIpc) is 2.98. The van der Waals surface area contributed by atoms with E-state index in [1.165, 1.54) is 0 Å². The second kappa shape index (κ2) is 6.30. The zero-order valence-corrected chi connectivity index (χ0v) is 13.0. The van der Waals surface area contributed by atoms with Gasteiger partial charge in [-0.05, 0) is 6.42 Å². The first-order valence-corrected chi connectivity index (χ1v) is 7.59. The van der Waals surface area contributed by atoms with Crippen LogP contribution in [0.1, 0.15) is 29.0 Å². The number of amides is 4. The van der Waals surface area contributed by atoms with Gasteiger partial charge in [0.25, 0.3) is 5.91 Å². The van der Waals surface area contributed by atoms with Crippen LogP contribution in [0.25, 0.3) is 0 Å². The van der Waals surface area contributed by atoms with Gasteiger partial charge in [0.15, 0.2) is 0 Å². The van der Waals surface area contributed by atoms with Crippen LogP contribution in [0.5, 0.6) is 0 Å². The molecular weight excluding hydrogens is 345 g/mol. The molecule has 0 radical (unpaired) electrons. The maximum Gasteiger partial charge on any atom is 0.406 e. The lowest BCUT2D eigenvalue weighted by molar-refractivity contribution is -0.138. The topological polar surface area (TPSA) is 94.9 Å². The number of halogens is 3. The number of hydrazine groups is 1. The number of furan rings is 1. The summed E-state index contributed by atoms with van der Waals surface area (Å²) in [5.41, 5.74) is 2.51. The van der Waals surface area contributed by atoms with E-state index in [4.69, 9.17) is 4.42 Å². The lowest BCUT2D eigenvalue weighted by atomic mass is 10.2. The number of urea groups is 1. The van der Waals surface area contributed by atoms with Crippen molar-refractivity contribution < 1.29 is 32.0 Å². The Morgan fingerprint density at radius 1 is 1.28 bits per heavy atom. The Kier molecular flexibility index (Phi) is 4.31. The molecule has 0 saturated carbocycles. The summed E-state index contributed by atoms with van der Waals surface area (Å²) in [5.74, 6) is -0.556. The van der Waals surface area contributed by atoms with Gasteiger partial charge >= 0.3 is 12.2 Å². The summed E-state index contributed by atoms with van der Waals surface area (Å²) >= 11 is 0. The van der Waals surface area contributed by atoms with Crippen LogP contribution in [-0.2, 0) is 11.2 Å². The van der Waals surface area contributed by atoms with Crippen molar-refractivity contribution >= 4 is 23.5 Å². The number of alkyl halides is 3. The third kappa shape index (κ3) is 3.69. The lowest BCUT2D eigenvalue weighted by Gasteiger charge is -2.20. The van der Waals surface area contributed by atoms with E-state index in [0.29, 0.717) is 29.9 Å². The number of fused-ring (bicyclic) bond motifs is 1. The first-order valence-electron chi connectivity index (χ1n) is 7.59. The SMILES string of the molecule is O=C1CCCc2occ(C(=O)NN3CCN(CC(F)(F)F)C3=O)c2N1. The van der Waals surface area contributed by atoms with Gasteiger partial charge in [0, 0.05) is 19.4 Å². The zero-order valence-electron chi connectivity index (χ0n) is 13.0. The van der Waals surface area contributed by atoms with Gasteiger partial charge in [-0.1, -0.05) is 0 Å². The quantitative estimate of drug-likeness (QED) is 0.854. The molecule has 4 amide bonds. The molecule has 0 unspecified atom stereocenters. The highest BCUT2D eigenvalue weighted by atomic mass is 19.4. The first-order chi connectivity index (χ1) is 11.7. The fourth-order valence-electron chi connectivity index (χ4n) is 2.73. The average molecular weight is 360 g/mol. The van der Waals surface area contributed by atoms with E-state index in [1.54, 1.807) is 0 Å². The lowest BCUT2D eigenvalue weighted by Crippen LogP contribution is -2.46. The number of aryl methyl sites for hydroxylation is 1. The third-order valence-corrected chi connectivity index (χ3v) is 3.89. The molecular formula is C14H15F3N4O4. The van der Waals surface area contributed by atoms with E-state index in [9.17, 15) is 27.6 Å². The van der Waals surface area contributed by atoms with Crippen LogP contribution in [0.4, 0.5) is 23.7 Å². The molecule has 0 bridgehead atoms. The summed E-state index contributed by atoms with van der Waals surface area (Å²) in [6, 6.07) is -0.940. The molecule has 25 heavy (non-hydrogen) atoms. The largest absolute Gasteiger partial charge is 0.466 e.